The number of aliphatic hydroxyl groups is 1. The number of rotatable bonds is 13. The molecule has 0 heterocycles. The van der Waals surface area contributed by atoms with Crippen molar-refractivity contribution in [2.75, 3.05) is 13.2 Å². The van der Waals surface area contributed by atoms with E-state index in [9.17, 15) is 5.11 Å². The van der Waals surface area contributed by atoms with Crippen LogP contribution in [-0.2, 0) is 4.43 Å². The molecule has 2 aliphatic carbocycles. The second-order valence-electron chi connectivity index (χ2n) is 15.8. The Kier molecular flexibility index (Phi) is 12.6. The van der Waals surface area contributed by atoms with E-state index in [2.05, 4.69) is 155 Å². The zero-order chi connectivity index (χ0) is 32.8. The molecule has 5 atom stereocenters. The first kappa shape index (κ1) is 36.4. The number of hydrogen-bond donors (Lipinski definition) is 1. The van der Waals surface area contributed by atoms with Gasteiger partial charge in [-0.15, -0.1) is 0 Å². The molecule has 0 unspecified atom stereocenters. The first-order chi connectivity index (χ1) is 21.4. The van der Waals surface area contributed by atoms with Crippen molar-refractivity contribution in [1.29, 1.82) is 0 Å². The van der Waals surface area contributed by atoms with Crippen LogP contribution in [-0.4, -0.2) is 26.6 Å². The van der Waals surface area contributed by atoms with E-state index >= 15 is 0 Å². The standard InChI is InChI=1S/C41H59IO2Si/c1-30(2)36-25-26-41(8,29-43)39(36)24-21-33(38-23-20-32(4)37(38)22-19-31(3)27-42)28-44-45(40(5,6)7,34-15-11-9-12-16-34)35-17-13-10-14-18-35/h9-18,21,23,27,30,32,36-37,39,43H,19-20,22,24-26,28-29H2,1-8H3/b31-27+,33-21-/t32-,36+,37-,39-,41+/m0/s1. The molecule has 2 aromatic rings. The Morgan fingerprint density at radius 2 is 1.67 bits per heavy atom. The Morgan fingerprint density at radius 3 is 2.18 bits per heavy atom. The first-order valence-corrected chi connectivity index (χ1v) is 20.5. The van der Waals surface area contributed by atoms with Gasteiger partial charge in [-0.05, 0) is 111 Å². The molecule has 0 bridgehead atoms. The summed E-state index contributed by atoms with van der Waals surface area (Å²) in [6, 6.07) is 22.1. The van der Waals surface area contributed by atoms with Crippen LogP contribution in [0.25, 0.3) is 0 Å². The van der Waals surface area contributed by atoms with Gasteiger partial charge < -0.3 is 9.53 Å². The van der Waals surface area contributed by atoms with Crippen molar-refractivity contribution in [2.45, 2.75) is 99.0 Å². The summed E-state index contributed by atoms with van der Waals surface area (Å²) in [4.78, 5) is 0. The van der Waals surface area contributed by atoms with Crippen LogP contribution in [0.1, 0.15) is 93.9 Å². The lowest BCUT2D eigenvalue weighted by Crippen LogP contribution is -2.66. The predicted molar refractivity (Wildman–Crippen MR) is 205 cm³/mol. The van der Waals surface area contributed by atoms with E-state index < -0.39 is 8.32 Å². The summed E-state index contributed by atoms with van der Waals surface area (Å²) in [5.74, 6) is 2.92. The highest BCUT2D eigenvalue weighted by Crippen LogP contribution is 2.51. The third kappa shape index (κ3) is 7.99. The number of hydrogen-bond acceptors (Lipinski definition) is 2. The van der Waals surface area contributed by atoms with Gasteiger partial charge in [-0.3, -0.25) is 0 Å². The molecule has 246 valence electrons. The van der Waals surface area contributed by atoms with E-state index in [-0.39, 0.29) is 17.1 Å². The highest BCUT2D eigenvalue weighted by Gasteiger charge is 2.50. The van der Waals surface area contributed by atoms with Crippen molar-refractivity contribution in [2.24, 2.45) is 35.0 Å². The Labute approximate surface area is 290 Å². The molecule has 0 aliphatic heterocycles. The molecule has 1 N–H and O–H groups in total. The maximum Gasteiger partial charge on any atom is 0.261 e. The topological polar surface area (TPSA) is 29.5 Å². The van der Waals surface area contributed by atoms with E-state index in [4.69, 9.17) is 4.43 Å². The van der Waals surface area contributed by atoms with Gasteiger partial charge in [0.05, 0.1) is 6.61 Å². The average molecular weight is 739 g/mol. The summed E-state index contributed by atoms with van der Waals surface area (Å²) >= 11 is 2.39. The molecule has 4 heteroatoms. The third-order valence-electron chi connectivity index (χ3n) is 11.4. The average Bonchev–Trinajstić information content (AvgIpc) is 3.57. The predicted octanol–water partition coefficient (Wildman–Crippen LogP) is 10.3. The number of benzene rings is 2. The largest absolute Gasteiger partial charge is 0.403 e. The second-order valence-corrected chi connectivity index (χ2v) is 20.7. The van der Waals surface area contributed by atoms with Crippen LogP contribution in [0.2, 0.25) is 5.04 Å². The van der Waals surface area contributed by atoms with Crippen LogP contribution in [0.5, 0.6) is 0 Å². The quantitative estimate of drug-likeness (QED) is 0.164. The fourth-order valence-corrected chi connectivity index (χ4v) is 13.4. The molecular weight excluding hydrogens is 679 g/mol. The summed E-state index contributed by atoms with van der Waals surface area (Å²) in [7, 11) is -2.69. The molecule has 1 saturated carbocycles. The van der Waals surface area contributed by atoms with Gasteiger partial charge in [-0.25, -0.2) is 0 Å². The lowest BCUT2D eigenvalue weighted by Gasteiger charge is -2.43. The SMILES string of the molecule is C/C(=C\I)CC[C@@H]1C(/C(=C\C[C@H]2[C@@H](C(C)C)CC[C@]2(C)CO)CO[Si](c2ccccc2)(c2ccccc2)C(C)(C)C)=CC[C@@H]1C. The summed E-state index contributed by atoms with van der Waals surface area (Å²) in [5.41, 5.74) is 4.36. The van der Waals surface area contributed by atoms with Crippen LogP contribution in [0, 0.1) is 35.0 Å². The van der Waals surface area contributed by atoms with E-state index in [1.807, 2.05) is 0 Å². The van der Waals surface area contributed by atoms with Crippen molar-refractivity contribution >= 4 is 41.3 Å². The van der Waals surface area contributed by atoms with Gasteiger partial charge in [0.25, 0.3) is 8.32 Å². The van der Waals surface area contributed by atoms with Crippen LogP contribution in [0.15, 0.2) is 93.6 Å². The van der Waals surface area contributed by atoms with Crippen molar-refractivity contribution < 1.29 is 9.53 Å². The maximum atomic E-state index is 10.6. The molecule has 45 heavy (non-hydrogen) atoms. The van der Waals surface area contributed by atoms with E-state index in [1.54, 1.807) is 0 Å². The first-order valence-electron chi connectivity index (χ1n) is 17.4. The zero-order valence-electron chi connectivity index (χ0n) is 29.3. The Morgan fingerprint density at radius 1 is 1.07 bits per heavy atom. The number of aliphatic hydroxyl groups excluding tert-OH is 1. The van der Waals surface area contributed by atoms with E-state index in [0.29, 0.717) is 36.2 Å². The van der Waals surface area contributed by atoms with Crippen LogP contribution >= 0.6 is 22.6 Å². The lowest BCUT2D eigenvalue weighted by atomic mass is 9.72. The Hall–Kier alpha value is -1.47. The molecule has 0 radical (unpaired) electrons. The molecular formula is C41H59IO2Si. The lowest BCUT2D eigenvalue weighted by molar-refractivity contribution is 0.0807. The van der Waals surface area contributed by atoms with Gasteiger partial charge in [0.15, 0.2) is 0 Å². The summed E-state index contributed by atoms with van der Waals surface area (Å²) in [5, 5.41) is 13.2. The van der Waals surface area contributed by atoms with Gasteiger partial charge in [-0.2, -0.15) is 0 Å². The second kappa shape index (κ2) is 15.6. The van der Waals surface area contributed by atoms with E-state index in [0.717, 1.165) is 25.7 Å². The molecule has 0 saturated heterocycles. The molecule has 2 aromatic carbocycles. The normalized spacial score (nSPS) is 26.5. The van der Waals surface area contributed by atoms with Gasteiger partial charge in [-0.1, -0.05) is 149 Å². The fourth-order valence-electron chi connectivity index (χ4n) is 8.51. The maximum absolute atomic E-state index is 10.6. The van der Waals surface area contributed by atoms with Crippen molar-refractivity contribution in [3.8, 4) is 0 Å². The van der Waals surface area contributed by atoms with Crippen molar-refractivity contribution in [3.63, 3.8) is 0 Å². The zero-order valence-corrected chi connectivity index (χ0v) is 32.4. The highest BCUT2D eigenvalue weighted by atomic mass is 127. The molecule has 0 spiro atoms. The Balaban J connectivity index is 1.79. The third-order valence-corrected chi connectivity index (χ3v) is 17.4. The highest BCUT2D eigenvalue weighted by molar-refractivity contribution is 14.1. The monoisotopic (exact) mass is 738 g/mol. The molecule has 4 rings (SSSR count). The van der Waals surface area contributed by atoms with Gasteiger partial charge in [0.1, 0.15) is 0 Å². The molecule has 1 fully saturated rings. The smallest absolute Gasteiger partial charge is 0.261 e. The van der Waals surface area contributed by atoms with Gasteiger partial charge >= 0.3 is 0 Å². The van der Waals surface area contributed by atoms with Crippen LogP contribution in [0.4, 0.5) is 0 Å². The summed E-state index contributed by atoms with van der Waals surface area (Å²) in [6.45, 7) is 19.8. The molecule has 2 nitrogen and oxygen atoms in total. The van der Waals surface area contributed by atoms with Gasteiger partial charge in [0.2, 0.25) is 0 Å². The van der Waals surface area contributed by atoms with Crippen LogP contribution < -0.4 is 10.4 Å². The Bertz CT molecular complexity index is 1280. The van der Waals surface area contributed by atoms with Gasteiger partial charge in [0, 0.05) is 6.61 Å². The summed E-state index contributed by atoms with van der Waals surface area (Å²) < 4.78 is 9.85. The molecule has 2 aliphatic rings. The fraction of sp³-hybridized carbons (Fsp3) is 0.561. The minimum absolute atomic E-state index is 0.0195. The minimum Gasteiger partial charge on any atom is -0.403 e. The van der Waals surface area contributed by atoms with Crippen molar-refractivity contribution in [1.82, 2.24) is 0 Å². The molecule has 0 amide bonds. The number of allylic oxidation sites excluding steroid dienone is 3. The van der Waals surface area contributed by atoms with Crippen LogP contribution in [0.3, 0.4) is 0 Å². The molecule has 0 aromatic heterocycles. The summed E-state index contributed by atoms with van der Waals surface area (Å²) in [6.07, 6.45) is 11.9. The minimum atomic E-state index is -2.69. The van der Waals surface area contributed by atoms with E-state index in [1.165, 1.54) is 39.9 Å². The number of halogens is 1. The van der Waals surface area contributed by atoms with Crippen molar-refractivity contribution in [3.05, 3.63) is 93.6 Å².